The third-order valence-corrected chi connectivity index (χ3v) is 16.0. The molecular weight excluding hydrogens is 921 g/mol. The molecule has 0 N–H and O–H groups in total. The van der Waals surface area contributed by atoms with Crippen LogP contribution in [0.15, 0.2) is 70.5 Å². The molecule has 0 spiro atoms. The normalized spacial score (nSPS) is 11.8. The van der Waals surface area contributed by atoms with Gasteiger partial charge in [0.25, 0.3) is 0 Å². The van der Waals surface area contributed by atoms with Gasteiger partial charge in [0.2, 0.25) is 0 Å². The Morgan fingerprint density at radius 2 is 0.507 bits per heavy atom. The third-order valence-electron chi connectivity index (χ3n) is 14.0. The summed E-state index contributed by atoms with van der Waals surface area (Å²) in [6.07, 6.45) is 42.8. The van der Waals surface area contributed by atoms with Crippen molar-refractivity contribution in [2.45, 2.75) is 269 Å². The molecular formula is C60H94CaO6S2. The van der Waals surface area contributed by atoms with Gasteiger partial charge in [0, 0.05) is 0 Å². The van der Waals surface area contributed by atoms with Crippen molar-refractivity contribution >= 4 is 79.5 Å². The maximum atomic E-state index is 12.3. The van der Waals surface area contributed by atoms with Crippen molar-refractivity contribution in [1.29, 1.82) is 0 Å². The molecule has 0 fully saturated rings. The summed E-state index contributed by atoms with van der Waals surface area (Å²) in [5.41, 5.74) is 3.86. The van der Waals surface area contributed by atoms with Crippen molar-refractivity contribution in [3.05, 3.63) is 82.9 Å². The summed E-state index contributed by atoms with van der Waals surface area (Å²) in [6.45, 7) is 8.95. The first-order valence-corrected chi connectivity index (χ1v) is 30.8. The number of aryl methyl sites for hydroxylation is 4. The van der Waals surface area contributed by atoms with Crippen molar-refractivity contribution in [2.24, 2.45) is 0 Å². The summed E-state index contributed by atoms with van der Waals surface area (Å²) < 4.78 is 73.6. The van der Waals surface area contributed by atoms with Gasteiger partial charge in [-0.05, 0) is 95.2 Å². The first-order chi connectivity index (χ1) is 33.0. The minimum absolute atomic E-state index is 0. The molecule has 4 rings (SSSR count). The van der Waals surface area contributed by atoms with E-state index in [1.54, 1.807) is 0 Å². The number of hydrogen-bond acceptors (Lipinski definition) is 6. The van der Waals surface area contributed by atoms with Crippen molar-refractivity contribution < 1.29 is 25.9 Å². The van der Waals surface area contributed by atoms with Gasteiger partial charge < -0.3 is 9.11 Å². The van der Waals surface area contributed by atoms with Gasteiger partial charge in [-0.1, -0.05) is 268 Å². The van der Waals surface area contributed by atoms with Gasteiger partial charge in [0.15, 0.2) is 0 Å². The van der Waals surface area contributed by atoms with Crippen molar-refractivity contribution in [2.75, 3.05) is 0 Å². The van der Waals surface area contributed by atoms with E-state index < -0.39 is 20.2 Å². The molecule has 69 heavy (non-hydrogen) atoms. The smallest absolute Gasteiger partial charge is 0.744 e. The zero-order chi connectivity index (χ0) is 49.3. The van der Waals surface area contributed by atoms with Crippen LogP contribution in [-0.4, -0.2) is 63.7 Å². The van der Waals surface area contributed by atoms with Gasteiger partial charge in [0.1, 0.15) is 20.2 Å². The number of fused-ring (bicyclic) bond motifs is 2. The summed E-state index contributed by atoms with van der Waals surface area (Å²) in [4.78, 5) is 0.0384. The Hall–Kier alpha value is -1.52. The second-order valence-electron chi connectivity index (χ2n) is 19.9. The average Bonchev–Trinajstić information content (AvgIpc) is 3.31. The van der Waals surface area contributed by atoms with Crippen LogP contribution in [0.2, 0.25) is 0 Å². The maximum absolute atomic E-state index is 12.3. The van der Waals surface area contributed by atoms with E-state index in [0.29, 0.717) is 23.6 Å². The van der Waals surface area contributed by atoms with Crippen LogP contribution in [0.1, 0.15) is 255 Å². The molecule has 0 unspecified atom stereocenters. The molecule has 0 saturated heterocycles. The summed E-state index contributed by atoms with van der Waals surface area (Å²) >= 11 is 0. The molecule has 4 aromatic carbocycles. The molecule has 4 aromatic rings. The molecule has 0 aliphatic heterocycles. The predicted octanol–water partition coefficient (Wildman–Crippen LogP) is 17.8. The van der Waals surface area contributed by atoms with Crippen molar-refractivity contribution in [1.82, 2.24) is 0 Å². The van der Waals surface area contributed by atoms with Crippen LogP contribution in [0.4, 0.5) is 0 Å². The average molecular weight is 1020 g/mol. The Labute approximate surface area is 453 Å². The molecule has 9 heteroatoms. The van der Waals surface area contributed by atoms with Crippen molar-refractivity contribution in [3.8, 4) is 0 Å². The fraction of sp³-hybridized carbons (Fsp3) is 0.667. The van der Waals surface area contributed by atoms with Gasteiger partial charge in [-0.15, -0.1) is 0 Å². The first kappa shape index (κ1) is 63.6. The molecule has 384 valence electrons. The van der Waals surface area contributed by atoms with E-state index in [-0.39, 0.29) is 47.5 Å². The van der Waals surface area contributed by atoms with E-state index in [1.807, 2.05) is 60.7 Å². The minimum atomic E-state index is -4.52. The Kier molecular flexibility index (Phi) is 35.1. The summed E-state index contributed by atoms with van der Waals surface area (Å²) in [7, 11) is -9.05. The van der Waals surface area contributed by atoms with Crippen LogP contribution in [0, 0.1) is 0 Å². The predicted molar refractivity (Wildman–Crippen MR) is 295 cm³/mol. The van der Waals surface area contributed by atoms with Crippen LogP contribution in [0.5, 0.6) is 0 Å². The van der Waals surface area contributed by atoms with Crippen LogP contribution < -0.4 is 0 Å². The van der Waals surface area contributed by atoms with E-state index in [9.17, 15) is 25.9 Å². The summed E-state index contributed by atoms with van der Waals surface area (Å²) in [5.74, 6) is 0. The van der Waals surface area contributed by atoms with Crippen LogP contribution in [0.25, 0.3) is 21.5 Å². The molecule has 0 saturated carbocycles. The zero-order valence-corrected chi connectivity index (χ0v) is 48.0. The third kappa shape index (κ3) is 25.3. The van der Waals surface area contributed by atoms with Gasteiger partial charge in [-0.2, -0.15) is 0 Å². The number of hydrogen-bond donors (Lipinski definition) is 0. The van der Waals surface area contributed by atoms with Gasteiger partial charge in [0.05, 0.1) is 9.79 Å². The van der Waals surface area contributed by atoms with Crippen molar-refractivity contribution in [3.63, 3.8) is 0 Å². The van der Waals surface area contributed by atoms with Crippen LogP contribution in [-0.2, 0) is 45.9 Å². The molecule has 0 bridgehead atoms. The second kappa shape index (κ2) is 38.1. The molecule has 0 aliphatic rings. The largest absolute Gasteiger partial charge is 2.00 e. The quantitative estimate of drug-likeness (QED) is 0.0251. The van der Waals surface area contributed by atoms with E-state index in [1.165, 1.54) is 178 Å². The van der Waals surface area contributed by atoms with Gasteiger partial charge in [-0.3, -0.25) is 0 Å². The monoisotopic (exact) mass is 1010 g/mol. The molecule has 0 atom stereocenters. The van der Waals surface area contributed by atoms with Crippen LogP contribution in [0.3, 0.4) is 0 Å². The van der Waals surface area contributed by atoms with E-state index in [4.69, 9.17) is 0 Å². The van der Waals surface area contributed by atoms with E-state index >= 15 is 0 Å². The van der Waals surface area contributed by atoms with E-state index in [0.717, 1.165) is 73.3 Å². The number of benzene rings is 4. The molecule has 0 amide bonds. The fourth-order valence-corrected chi connectivity index (χ4v) is 12.0. The minimum Gasteiger partial charge on any atom is -0.744 e. The SMILES string of the molecule is CCCCCCCCCCc1cc(CCCCCCCCCC)c2ccccc2c1S(=O)(=O)[O-].CCCCCCCCCCc1cc(CCCCCCCCCC)c2ccccc2c1S(=O)(=O)[O-].[Ca+2]. The molecule has 6 nitrogen and oxygen atoms in total. The standard InChI is InChI=1S/2C30H48O3S.Ca/c2*1-3-5-7-9-11-13-15-17-21-26-25-27(22-18-16-14-12-10-8-6-4-2)30(34(31,32)33)29-24-20-19-23-28(26)29;/h2*19-20,23-25H,3-18,21-22H2,1-2H3,(H,31,32,33);/q;;+2/p-2. The summed E-state index contributed by atoms with van der Waals surface area (Å²) in [5, 5.41) is 3.09. The maximum Gasteiger partial charge on any atom is 2.00 e. The first-order valence-electron chi connectivity index (χ1n) is 28.0. The Morgan fingerprint density at radius 3 is 0.739 bits per heavy atom. The molecule has 0 aromatic heterocycles. The number of rotatable bonds is 38. The second-order valence-corrected chi connectivity index (χ2v) is 22.6. The van der Waals surface area contributed by atoms with E-state index in [2.05, 4.69) is 27.7 Å². The summed E-state index contributed by atoms with van der Waals surface area (Å²) in [6, 6.07) is 19.2. The Morgan fingerprint density at radius 1 is 0.304 bits per heavy atom. The van der Waals surface area contributed by atoms with Crippen LogP contribution >= 0.6 is 0 Å². The molecule has 0 aliphatic carbocycles. The molecule has 0 heterocycles. The Bertz CT molecular complexity index is 2030. The zero-order valence-electron chi connectivity index (χ0n) is 44.2. The van der Waals surface area contributed by atoms with Gasteiger partial charge in [-0.25, -0.2) is 16.8 Å². The Balaban J connectivity index is 0.000000467. The number of unbranched alkanes of at least 4 members (excludes halogenated alkanes) is 28. The molecule has 0 radical (unpaired) electrons. The fourth-order valence-electron chi connectivity index (χ4n) is 10.1. The topological polar surface area (TPSA) is 114 Å². The van der Waals surface area contributed by atoms with Gasteiger partial charge >= 0.3 is 37.7 Å².